The summed E-state index contributed by atoms with van der Waals surface area (Å²) < 4.78 is 19.4. The minimum atomic E-state index is -1.29. The summed E-state index contributed by atoms with van der Waals surface area (Å²) in [6.45, 7) is 3.53. The number of carbonyl (C=O) groups is 3. The topological polar surface area (TPSA) is 80.3 Å². The molecule has 6 nitrogen and oxygen atoms in total. The van der Waals surface area contributed by atoms with Gasteiger partial charge in [0.1, 0.15) is 23.7 Å². The lowest BCUT2D eigenvalue weighted by atomic mass is 9.80. The molecule has 7 heteroatoms. The number of hydrogen-bond acceptors (Lipinski definition) is 4. The van der Waals surface area contributed by atoms with Crippen LogP contribution in [0.3, 0.4) is 0 Å². The molecule has 2 saturated heterocycles. The molecule has 0 spiro atoms. The molecule has 0 bridgehead atoms. The molecule has 0 saturated carbocycles. The molecule has 2 heterocycles. The summed E-state index contributed by atoms with van der Waals surface area (Å²) in [5, 5.41) is 1.75. The molecule has 4 atom stereocenters. The maximum atomic E-state index is 14.4. The van der Waals surface area contributed by atoms with Gasteiger partial charge >= 0.3 is 5.97 Å². The summed E-state index contributed by atoms with van der Waals surface area (Å²) in [6, 6.07) is 12.8. The lowest BCUT2D eigenvalue weighted by Crippen LogP contribution is -2.97. The number of methoxy groups -OCH3 is 1. The van der Waals surface area contributed by atoms with E-state index in [1.165, 1.54) is 25.3 Å². The van der Waals surface area contributed by atoms with Crippen molar-refractivity contribution < 1.29 is 28.8 Å². The number of aryl methyl sites for hydroxylation is 1. The molecule has 2 aromatic rings. The van der Waals surface area contributed by atoms with Crippen LogP contribution in [0.1, 0.15) is 24.1 Å². The van der Waals surface area contributed by atoms with Gasteiger partial charge in [0.25, 0.3) is 0 Å². The SMILES string of the molecule is COC(=O)[C@@]1(C)[NH2+][C@@H](c2ccccc2C)[C@H]2C(=O)N(c3ccccc3F)C(=O)[C@H]21. The van der Waals surface area contributed by atoms with Gasteiger partial charge < -0.3 is 10.1 Å². The van der Waals surface area contributed by atoms with Gasteiger partial charge in [0.05, 0.1) is 12.8 Å². The van der Waals surface area contributed by atoms with Gasteiger partial charge in [-0.25, -0.2) is 14.1 Å². The Bertz CT molecular complexity index is 1020. The molecule has 2 aromatic carbocycles. The summed E-state index contributed by atoms with van der Waals surface area (Å²) in [6.07, 6.45) is 0. The Morgan fingerprint density at radius 2 is 1.76 bits per heavy atom. The number of hydrogen-bond donors (Lipinski definition) is 1. The van der Waals surface area contributed by atoms with Crippen LogP contribution in [0.5, 0.6) is 0 Å². The van der Waals surface area contributed by atoms with E-state index in [1.54, 1.807) is 18.3 Å². The van der Waals surface area contributed by atoms with Gasteiger partial charge in [0.15, 0.2) is 0 Å². The van der Waals surface area contributed by atoms with Crippen LogP contribution < -0.4 is 10.2 Å². The fourth-order valence-corrected chi connectivity index (χ4v) is 4.79. The monoisotopic (exact) mass is 397 g/mol. The van der Waals surface area contributed by atoms with Gasteiger partial charge in [0.2, 0.25) is 17.4 Å². The highest BCUT2D eigenvalue weighted by atomic mass is 19.1. The molecular formula is C22H22FN2O4+. The van der Waals surface area contributed by atoms with Crippen molar-refractivity contribution in [2.24, 2.45) is 11.8 Å². The van der Waals surface area contributed by atoms with E-state index in [2.05, 4.69) is 0 Å². The van der Waals surface area contributed by atoms with E-state index in [-0.39, 0.29) is 5.69 Å². The van der Waals surface area contributed by atoms with Gasteiger partial charge in [-0.05, 0) is 24.6 Å². The maximum Gasteiger partial charge on any atom is 0.368 e. The molecule has 2 fully saturated rings. The summed E-state index contributed by atoms with van der Waals surface area (Å²) in [7, 11) is 1.26. The van der Waals surface area contributed by atoms with Crippen molar-refractivity contribution in [3.63, 3.8) is 0 Å². The number of carbonyl (C=O) groups excluding carboxylic acids is 3. The highest BCUT2D eigenvalue weighted by Gasteiger charge is 2.71. The predicted molar refractivity (Wildman–Crippen MR) is 102 cm³/mol. The van der Waals surface area contributed by atoms with Crippen molar-refractivity contribution in [1.29, 1.82) is 0 Å². The molecule has 0 unspecified atom stereocenters. The zero-order valence-corrected chi connectivity index (χ0v) is 16.4. The van der Waals surface area contributed by atoms with Crippen LogP contribution in [0.15, 0.2) is 48.5 Å². The Morgan fingerprint density at radius 3 is 2.41 bits per heavy atom. The standard InChI is InChI=1S/C22H21FN2O4/c1-12-8-4-5-9-13(12)18-16-17(22(2,24-18)21(28)29-3)20(27)25(19(16)26)15-11-7-6-10-14(15)23/h4-11,16-18,24H,1-3H3/p+1/t16-,17-,18-,22-/m0/s1. The number of para-hydroxylation sites is 1. The van der Waals surface area contributed by atoms with E-state index >= 15 is 0 Å². The third-order valence-electron chi connectivity index (χ3n) is 6.18. The Labute approximate surface area is 167 Å². The molecule has 0 aromatic heterocycles. The normalized spacial score (nSPS) is 28.6. The Kier molecular flexibility index (Phi) is 4.50. The Balaban J connectivity index is 1.87. The first-order valence-corrected chi connectivity index (χ1v) is 9.43. The average molecular weight is 397 g/mol. The number of esters is 1. The quantitative estimate of drug-likeness (QED) is 0.629. The lowest BCUT2D eigenvalue weighted by Gasteiger charge is -2.26. The number of ether oxygens (including phenoxy) is 1. The van der Waals surface area contributed by atoms with Crippen molar-refractivity contribution in [3.05, 3.63) is 65.5 Å². The number of quaternary nitrogens is 1. The number of anilines is 1. The Hall–Kier alpha value is -3.06. The number of imide groups is 1. The van der Waals surface area contributed by atoms with Crippen molar-refractivity contribution in [3.8, 4) is 0 Å². The number of benzene rings is 2. The summed E-state index contributed by atoms with van der Waals surface area (Å²) in [5.41, 5.74) is 0.435. The van der Waals surface area contributed by atoms with E-state index in [4.69, 9.17) is 4.74 Å². The predicted octanol–water partition coefficient (Wildman–Crippen LogP) is 1.49. The second-order valence-electron chi connectivity index (χ2n) is 7.79. The Morgan fingerprint density at radius 1 is 1.10 bits per heavy atom. The largest absolute Gasteiger partial charge is 0.464 e. The summed E-state index contributed by atoms with van der Waals surface area (Å²) in [4.78, 5) is 40.4. The maximum absolute atomic E-state index is 14.4. The fraction of sp³-hybridized carbons (Fsp3) is 0.318. The average Bonchev–Trinajstić information content (AvgIpc) is 3.16. The number of amides is 2. The molecule has 0 radical (unpaired) electrons. The van der Waals surface area contributed by atoms with Crippen LogP contribution in [0.4, 0.5) is 10.1 Å². The van der Waals surface area contributed by atoms with Crippen molar-refractivity contribution in [2.75, 3.05) is 12.0 Å². The summed E-state index contributed by atoms with van der Waals surface area (Å²) in [5.74, 6) is -4.07. The van der Waals surface area contributed by atoms with Gasteiger partial charge in [-0.3, -0.25) is 9.59 Å². The van der Waals surface area contributed by atoms with Gasteiger partial charge in [-0.2, -0.15) is 0 Å². The number of nitrogens with zero attached hydrogens (tertiary/aromatic N) is 1. The zero-order valence-electron chi connectivity index (χ0n) is 16.4. The van der Waals surface area contributed by atoms with Crippen molar-refractivity contribution >= 4 is 23.5 Å². The minimum Gasteiger partial charge on any atom is -0.464 e. The van der Waals surface area contributed by atoms with E-state index in [9.17, 15) is 18.8 Å². The highest BCUT2D eigenvalue weighted by molar-refractivity contribution is 6.23. The highest BCUT2D eigenvalue weighted by Crippen LogP contribution is 2.46. The molecule has 2 amide bonds. The number of rotatable bonds is 3. The van der Waals surface area contributed by atoms with E-state index < -0.39 is 47.0 Å². The fourth-order valence-electron chi connectivity index (χ4n) is 4.79. The second-order valence-corrected chi connectivity index (χ2v) is 7.79. The molecule has 2 aliphatic heterocycles. The van der Waals surface area contributed by atoms with Gasteiger partial charge in [0, 0.05) is 12.5 Å². The molecule has 2 N–H and O–H groups in total. The van der Waals surface area contributed by atoms with Crippen LogP contribution in [-0.2, 0) is 19.1 Å². The van der Waals surface area contributed by atoms with Crippen LogP contribution >= 0.6 is 0 Å². The molecule has 4 rings (SSSR count). The van der Waals surface area contributed by atoms with E-state index in [0.29, 0.717) is 0 Å². The van der Waals surface area contributed by atoms with Crippen LogP contribution in [0.2, 0.25) is 0 Å². The first-order chi connectivity index (χ1) is 13.8. The lowest BCUT2D eigenvalue weighted by molar-refractivity contribution is -0.730. The van der Waals surface area contributed by atoms with E-state index in [0.717, 1.165) is 16.0 Å². The molecular weight excluding hydrogens is 375 g/mol. The molecule has 29 heavy (non-hydrogen) atoms. The van der Waals surface area contributed by atoms with Crippen LogP contribution in [0, 0.1) is 24.6 Å². The molecule has 150 valence electrons. The molecule has 2 aliphatic rings. The zero-order chi connectivity index (χ0) is 20.9. The van der Waals surface area contributed by atoms with Crippen molar-refractivity contribution in [1.82, 2.24) is 0 Å². The number of fused-ring (bicyclic) bond motifs is 1. The smallest absolute Gasteiger partial charge is 0.368 e. The minimum absolute atomic E-state index is 0.0901. The second kappa shape index (κ2) is 6.77. The first-order valence-electron chi connectivity index (χ1n) is 9.43. The number of nitrogens with two attached hydrogens (primary N) is 1. The first kappa shape index (κ1) is 19.3. The van der Waals surface area contributed by atoms with Crippen LogP contribution in [-0.4, -0.2) is 30.4 Å². The summed E-state index contributed by atoms with van der Waals surface area (Å²) >= 11 is 0. The number of halogens is 1. The van der Waals surface area contributed by atoms with E-state index in [1.807, 2.05) is 31.2 Å². The van der Waals surface area contributed by atoms with Gasteiger partial charge in [-0.1, -0.05) is 36.4 Å². The third-order valence-corrected chi connectivity index (χ3v) is 6.18. The third kappa shape index (κ3) is 2.68. The van der Waals surface area contributed by atoms with Crippen molar-refractivity contribution in [2.45, 2.75) is 25.4 Å². The van der Waals surface area contributed by atoms with Gasteiger partial charge in [-0.15, -0.1) is 0 Å². The molecule has 0 aliphatic carbocycles. The van der Waals surface area contributed by atoms with Crippen LogP contribution in [0.25, 0.3) is 0 Å².